The molecule has 4 aromatic rings. The Labute approximate surface area is 157 Å². The highest BCUT2D eigenvalue weighted by Crippen LogP contribution is 2.50. The molecule has 2 aromatic heterocycles. The average Bonchev–Trinajstić information content (AvgIpc) is 2.68. The van der Waals surface area contributed by atoms with E-state index in [2.05, 4.69) is 12.1 Å². The van der Waals surface area contributed by atoms with E-state index in [1.165, 1.54) is 11.1 Å². The molecule has 0 radical (unpaired) electrons. The molecule has 0 unspecified atom stereocenters. The number of pyridine rings is 2. The number of hydrogen-bond acceptors (Lipinski definition) is 4. The van der Waals surface area contributed by atoms with Gasteiger partial charge in [-0.1, -0.05) is 36.4 Å². The van der Waals surface area contributed by atoms with Crippen molar-refractivity contribution in [3.8, 4) is 0 Å². The molecule has 2 bridgehead atoms. The van der Waals surface area contributed by atoms with Gasteiger partial charge in [0.25, 0.3) is 0 Å². The van der Waals surface area contributed by atoms with Crippen LogP contribution in [0, 0.1) is 5.92 Å². The molecule has 0 spiro atoms. The van der Waals surface area contributed by atoms with E-state index in [-0.39, 0.29) is 5.92 Å². The number of anilines is 2. The van der Waals surface area contributed by atoms with Crippen LogP contribution in [-0.4, -0.2) is 9.97 Å². The molecule has 2 aliphatic rings. The predicted octanol–water partition coefficient (Wildman–Crippen LogP) is 4.20. The number of aromatic nitrogens is 2. The van der Waals surface area contributed by atoms with Gasteiger partial charge in [0.1, 0.15) is 0 Å². The maximum atomic E-state index is 6.69. The van der Waals surface area contributed by atoms with Crippen LogP contribution >= 0.6 is 0 Å². The Morgan fingerprint density at radius 1 is 0.704 bits per heavy atom. The minimum Gasteiger partial charge on any atom is -0.398 e. The highest BCUT2D eigenvalue weighted by molar-refractivity contribution is 5.95. The summed E-state index contributed by atoms with van der Waals surface area (Å²) < 4.78 is 0. The molecule has 4 N–H and O–H groups in total. The first kappa shape index (κ1) is 15.0. The first-order valence-electron chi connectivity index (χ1n) is 9.54. The van der Waals surface area contributed by atoms with Crippen molar-refractivity contribution >= 4 is 33.2 Å². The lowest BCUT2D eigenvalue weighted by Gasteiger charge is -2.38. The second-order valence-electron chi connectivity index (χ2n) is 7.87. The van der Waals surface area contributed by atoms with Crippen molar-refractivity contribution in [3.05, 3.63) is 71.0 Å². The lowest BCUT2D eigenvalue weighted by molar-refractivity contribution is 0.391. The first-order chi connectivity index (χ1) is 13.2. The lowest BCUT2D eigenvalue weighted by Crippen LogP contribution is -2.30. The van der Waals surface area contributed by atoms with Crippen molar-refractivity contribution in [1.29, 1.82) is 0 Å². The van der Waals surface area contributed by atoms with E-state index in [0.29, 0.717) is 5.92 Å². The van der Waals surface area contributed by atoms with Crippen LogP contribution in [0.3, 0.4) is 0 Å². The summed E-state index contributed by atoms with van der Waals surface area (Å²) in [7, 11) is 0. The third kappa shape index (κ3) is 1.98. The van der Waals surface area contributed by atoms with Crippen LogP contribution in [0.2, 0.25) is 0 Å². The molecule has 0 aliphatic heterocycles. The molecule has 2 aliphatic carbocycles. The highest BCUT2D eigenvalue weighted by Gasteiger charge is 2.39. The van der Waals surface area contributed by atoms with E-state index in [0.717, 1.165) is 63.8 Å². The zero-order valence-corrected chi connectivity index (χ0v) is 14.9. The van der Waals surface area contributed by atoms with E-state index >= 15 is 0 Å². The van der Waals surface area contributed by atoms with Gasteiger partial charge in [-0.2, -0.15) is 0 Å². The van der Waals surface area contributed by atoms with E-state index < -0.39 is 0 Å². The number of para-hydroxylation sites is 2. The lowest BCUT2D eigenvalue weighted by atomic mass is 9.68. The van der Waals surface area contributed by atoms with Crippen molar-refractivity contribution in [3.63, 3.8) is 0 Å². The Morgan fingerprint density at radius 2 is 1.19 bits per heavy atom. The molecular weight excluding hydrogens is 332 g/mol. The van der Waals surface area contributed by atoms with Crippen LogP contribution in [0.5, 0.6) is 0 Å². The second kappa shape index (κ2) is 5.19. The van der Waals surface area contributed by atoms with Crippen molar-refractivity contribution in [1.82, 2.24) is 9.97 Å². The van der Waals surface area contributed by atoms with Gasteiger partial charge in [0, 0.05) is 50.6 Å². The number of rotatable bonds is 0. The summed E-state index contributed by atoms with van der Waals surface area (Å²) in [5.74, 6) is 0.743. The van der Waals surface area contributed by atoms with Crippen LogP contribution < -0.4 is 11.5 Å². The monoisotopic (exact) mass is 352 g/mol. The quantitative estimate of drug-likeness (QED) is 0.497. The van der Waals surface area contributed by atoms with Gasteiger partial charge in [-0.05, 0) is 37.3 Å². The number of nitrogen functional groups attached to an aromatic ring is 2. The zero-order chi connectivity index (χ0) is 18.1. The summed E-state index contributed by atoms with van der Waals surface area (Å²) in [6, 6.07) is 16.3. The molecule has 27 heavy (non-hydrogen) atoms. The van der Waals surface area contributed by atoms with Crippen LogP contribution in [-0.2, 0) is 12.8 Å². The first-order valence-corrected chi connectivity index (χ1v) is 9.54. The minimum absolute atomic E-state index is 0.191. The summed E-state index contributed by atoms with van der Waals surface area (Å²) in [6.45, 7) is 0. The molecule has 6 rings (SSSR count). The maximum Gasteiger partial charge on any atom is 0.0726 e. The third-order valence-electron chi connectivity index (χ3n) is 6.33. The van der Waals surface area contributed by atoms with Crippen LogP contribution in [0.15, 0.2) is 48.5 Å². The molecule has 132 valence electrons. The standard InChI is InChI=1S/C23H20N4/c24-22-13-5-1-3-7-16(13)26-18-10-12-9-15(20(18)22)21-19(11-12)27-17-8-4-2-6-14(17)23(21)25/h1-8,12,15H,9-11H2,(H2,24,26)(H2,25,27). The predicted molar refractivity (Wildman–Crippen MR) is 110 cm³/mol. The molecule has 2 heterocycles. The third-order valence-corrected chi connectivity index (χ3v) is 6.33. The maximum absolute atomic E-state index is 6.69. The topological polar surface area (TPSA) is 77.8 Å². The van der Waals surface area contributed by atoms with Gasteiger partial charge in [-0.15, -0.1) is 0 Å². The van der Waals surface area contributed by atoms with E-state index in [9.17, 15) is 0 Å². The Balaban J connectivity index is 1.68. The molecule has 4 nitrogen and oxygen atoms in total. The summed E-state index contributed by atoms with van der Waals surface area (Å²) >= 11 is 0. The number of hydrogen-bond donors (Lipinski definition) is 2. The molecule has 4 heteroatoms. The SMILES string of the molecule is Nc1c2c(nc3ccccc13)CC1Cc3nc4ccccc4c(N)c3C2C1. The molecule has 0 fully saturated rings. The number of benzene rings is 2. The fourth-order valence-corrected chi connectivity index (χ4v) is 5.20. The van der Waals surface area contributed by atoms with Gasteiger partial charge in [-0.25, -0.2) is 0 Å². The normalized spacial score (nSPS) is 20.4. The Hall–Kier alpha value is -3.14. The second-order valence-corrected chi connectivity index (χ2v) is 7.87. The van der Waals surface area contributed by atoms with Gasteiger partial charge in [0.15, 0.2) is 0 Å². The van der Waals surface area contributed by atoms with Gasteiger partial charge in [0.2, 0.25) is 0 Å². The highest BCUT2D eigenvalue weighted by atomic mass is 14.8. The molecular formula is C23H20N4. The molecule has 0 saturated carbocycles. The molecule has 0 atom stereocenters. The Bertz CT molecular complexity index is 1150. The van der Waals surface area contributed by atoms with E-state index in [4.69, 9.17) is 21.4 Å². The Kier molecular flexibility index (Phi) is 2.88. The number of nitrogens with zero attached hydrogens (tertiary/aromatic N) is 2. The Morgan fingerprint density at radius 3 is 1.70 bits per heavy atom. The van der Waals surface area contributed by atoms with Crippen molar-refractivity contribution in [2.45, 2.75) is 25.2 Å². The van der Waals surface area contributed by atoms with Gasteiger partial charge in [0.05, 0.1) is 11.0 Å². The van der Waals surface area contributed by atoms with Crippen LogP contribution in [0.4, 0.5) is 11.4 Å². The largest absolute Gasteiger partial charge is 0.398 e. The van der Waals surface area contributed by atoms with Crippen molar-refractivity contribution in [2.24, 2.45) is 5.92 Å². The zero-order valence-electron chi connectivity index (χ0n) is 14.9. The minimum atomic E-state index is 0.191. The molecule has 0 saturated heterocycles. The van der Waals surface area contributed by atoms with E-state index in [1.54, 1.807) is 0 Å². The van der Waals surface area contributed by atoms with Crippen LogP contribution in [0.1, 0.15) is 34.9 Å². The smallest absolute Gasteiger partial charge is 0.0726 e. The fourth-order valence-electron chi connectivity index (χ4n) is 5.20. The summed E-state index contributed by atoms with van der Waals surface area (Å²) in [5.41, 5.74) is 21.7. The molecule has 0 amide bonds. The summed E-state index contributed by atoms with van der Waals surface area (Å²) in [5, 5.41) is 2.07. The number of fused-ring (bicyclic) bond motifs is 8. The average molecular weight is 352 g/mol. The van der Waals surface area contributed by atoms with Gasteiger partial charge >= 0.3 is 0 Å². The van der Waals surface area contributed by atoms with Crippen molar-refractivity contribution in [2.75, 3.05) is 11.5 Å². The van der Waals surface area contributed by atoms with E-state index in [1.807, 2.05) is 36.4 Å². The van der Waals surface area contributed by atoms with Gasteiger partial charge < -0.3 is 11.5 Å². The van der Waals surface area contributed by atoms with Crippen LogP contribution in [0.25, 0.3) is 21.8 Å². The fraction of sp³-hybridized carbons (Fsp3) is 0.217. The molecule has 2 aromatic carbocycles. The summed E-state index contributed by atoms with van der Waals surface area (Å²) in [6.07, 6.45) is 3.01. The van der Waals surface area contributed by atoms with Crippen molar-refractivity contribution < 1.29 is 0 Å². The summed E-state index contributed by atoms with van der Waals surface area (Å²) in [4.78, 5) is 9.97. The van der Waals surface area contributed by atoms with Gasteiger partial charge in [-0.3, -0.25) is 9.97 Å². The number of nitrogens with two attached hydrogens (primary N) is 2.